The monoisotopic (exact) mass is 266 g/mol. The summed E-state index contributed by atoms with van der Waals surface area (Å²) in [6.45, 7) is 0. The van der Waals surface area contributed by atoms with Crippen LogP contribution in [0.1, 0.15) is 5.69 Å². The van der Waals surface area contributed by atoms with Crippen LogP contribution in [-0.2, 0) is 5.75 Å². The zero-order valence-corrected chi connectivity index (χ0v) is 11.2. The first-order valence-corrected chi connectivity index (χ1v) is 7.13. The molecule has 0 saturated heterocycles. The number of para-hydroxylation sites is 2. The summed E-state index contributed by atoms with van der Waals surface area (Å²) in [6, 6.07) is 20.3. The average molecular weight is 266 g/mol. The van der Waals surface area contributed by atoms with Crippen molar-refractivity contribution in [2.45, 2.75) is 10.6 Å². The maximum Gasteiger partial charge on any atom is 0.0705 e. The van der Waals surface area contributed by atoms with Crippen LogP contribution >= 0.6 is 11.8 Å². The van der Waals surface area contributed by atoms with Gasteiger partial charge in [0.25, 0.3) is 0 Å². The molecule has 2 N–H and O–H groups in total. The number of hydrogen-bond acceptors (Lipinski definition) is 3. The Bertz CT molecular complexity index is 710. The van der Waals surface area contributed by atoms with Gasteiger partial charge in [-0.15, -0.1) is 11.8 Å². The molecule has 0 bridgehead atoms. The summed E-state index contributed by atoms with van der Waals surface area (Å²) in [4.78, 5) is 5.77. The number of benzene rings is 2. The van der Waals surface area contributed by atoms with Crippen LogP contribution in [0.5, 0.6) is 0 Å². The lowest BCUT2D eigenvalue weighted by molar-refractivity contribution is 1.22. The molecule has 0 aliphatic heterocycles. The highest BCUT2D eigenvalue weighted by Crippen LogP contribution is 2.27. The van der Waals surface area contributed by atoms with E-state index in [0.29, 0.717) is 0 Å². The topological polar surface area (TPSA) is 38.9 Å². The van der Waals surface area contributed by atoms with Crippen molar-refractivity contribution in [2.24, 2.45) is 0 Å². The number of pyridine rings is 1. The van der Waals surface area contributed by atoms with Crippen LogP contribution in [0.25, 0.3) is 10.9 Å². The summed E-state index contributed by atoms with van der Waals surface area (Å²) < 4.78 is 0. The van der Waals surface area contributed by atoms with Gasteiger partial charge < -0.3 is 5.73 Å². The predicted octanol–water partition coefficient (Wildman–Crippen LogP) is 4.11. The fraction of sp³-hybridized carbons (Fsp3) is 0.0625. The number of fused-ring (bicyclic) bond motifs is 1. The highest BCUT2D eigenvalue weighted by Gasteiger charge is 2.02. The standard InChI is InChI=1S/C16H14N2S/c17-14-6-2-4-8-16(14)19-11-13-10-9-12-5-1-3-7-15(12)18-13/h1-10H,11,17H2. The predicted molar refractivity (Wildman–Crippen MR) is 82.2 cm³/mol. The minimum Gasteiger partial charge on any atom is -0.398 e. The van der Waals surface area contributed by atoms with Crippen LogP contribution in [0, 0.1) is 0 Å². The zero-order valence-electron chi connectivity index (χ0n) is 10.4. The number of nitrogens with zero attached hydrogens (tertiary/aromatic N) is 1. The third-order valence-corrected chi connectivity index (χ3v) is 4.07. The number of thioether (sulfide) groups is 1. The SMILES string of the molecule is Nc1ccccc1SCc1ccc2ccccc2n1. The lowest BCUT2D eigenvalue weighted by Gasteiger charge is -2.05. The van der Waals surface area contributed by atoms with Crippen LogP contribution < -0.4 is 5.73 Å². The average Bonchev–Trinajstić information content (AvgIpc) is 2.46. The second-order valence-electron chi connectivity index (χ2n) is 4.32. The van der Waals surface area contributed by atoms with Gasteiger partial charge in [-0.2, -0.15) is 0 Å². The van der Waals surface area contributed by atoms with Crippen LogP contribution in [-0.4, -0.2) is 4.98 Å². The van der Waals surface area contributed by atoms with Crippen LogP contribution in [0.2, 0.25) is 0 Å². The molecule has 0 fully saturated rings. The van der Waals surface area contributed by atoms with E-state index in [1.54, 1.807) is 11.8 Å². The van der Waals surface area contributed by atoms with Gasteiger partial charge in [-0.25, -0.2) is 0 Å². The molecule has 2 aromatic carbocycles. The largest absolute Gasteiger partial charge is 0.398 e. The molecule has 0 radical (unpaired) electrons. The molecule has 0 amide bonds. The first-order valence-electron chi connectivity index (χ1n) is 6.15. The lowest BCUT2D eigenvalue weighted by atomic mass is 10.2. The summed E-state index contributed by atoms with van der Waals surface area (Å²) >= 11 is 1.72. The Kier molecular flexibility index (Phi) is 3.38. The van der Waals surface area contributed by atoms with E-state index in [9.17, 15) is 0 Å². The maximum atomic E-state index is 5.93. The quantitative estimate of drug-likeness (QED) is 0.573. The van der Waals surface area contributed by atoms with Crippen molar-refractivity contribution < 1.29 is 0 Å². The van der Waals surface area contributed by atoms with Crippen molar-refractivity contribution in [2.75, 3.05) is 5.73 Å². The Morgan fingerprint density at radius 2 is 1.68 bits per heavy atom. The Balaban J connectivity index is 1.80. The molecular formula is C16H14N2S. The number of nitrogen functional groups attached to an aromatic ring is 1. The summed E-state index contributed by atoms with van der Waals surface area (Å²) in [5.41, 5.74) is 8.88. The first-order chi connectivity index (χ1) is 9.33. The molecule has 3 heteroatoms. The van der Waals surface area contributed by atoms with E-state index in [4.69, 9.17) is 5.73 Å². The van der Waals surface area contributed by atoms with Crippen LogP contribution in [0.3, 0.4) is 0 Å². The molecule has 0 aliphatic rings. The Morgan fingerprint density at radius 1 is 0.895 bits per heavy atom. The van der Waals surface area contributed by atoms with Gasteiger partial charge in [0.05, 0.1) is 11.2 Å². The van der Waals surface area contributed by atoms with Crippen molar-refractivity contribution >= 4 is 28.4 Å². The van der Waals surface area contributed by atoms with Crippen molar-refractivity contribution in [1.82, 2.24) is 4.98 Å². The highest BCUT2D eigenvalue weighted by atomic mass is 32.2. The summed E-state index contributed by atoms with van der Waals surface area (Å²) in [5.74, 6) is 0.832. The molecule has 1 heterocycles. The van der Waals surface area contributed by atoms with E-state index < -0.39 is 0 Å². The second-order valence-corrected chi connectivity index (χ2v) is 5.34. The number of rotatable bonds is 3. The van der Waals surface area contributed by atoms with Gasteiger partial charge in [0, 0.05) is 21.7 Å². The Morgan fingerprint density at radius 3 is 2.58 bits per heavy atom. The van der Waals surface area contributed by atoms with E-state index in [0.717, 1.165) is 27.5 Å². The molecule has 2 nitrogen and oxygen atoms in total. The minimum absolute atomic E-state index is 0.827. The Hall–Kier alpha value is -2.00. The smallest absolute Gasteiger partial charge is 0.0705 e. The lowest BCUT2D eigenvalue weighted by Crippen LogP contribution is -1.90. The Labute approximate surface area is 116 Å². The minimum atomic E-state index is 0.827. The first kappa shape index (κ1) is 12.1. The molecule has 0 aliphatic carbocycles. The molecule has 0 spiro atoms. The summed E-state index contributed by atoms with van der Waals surface area (Å²) in [7, 11) is 0. The van der Waals surface area contributed by atoms with Gasteiger partial charge in [0.15, 0.2) is 0 Å². The van der Waals surface area contributed by atoms with Crippen LogP contribution in [0.15, 0.2) is 65.6 Å². The summed E-state index contributed by atoms with van der Waals surface area (Å²) in [5, 5.41) is 1.18. The molecule has 3 rings (SSSR count). The zero-order chi connectivity index (χ0) is 13.1. The van der Waals surface area contributed by atoms with Gasteiger partial charge in [-0.05, 0) is 24.3 Å². The fourth-order valence-corrected chi connectivity index (χ4v) is 2.83. The van der Waals surface area contributed by atoms with Crippen molar-refractivity contribution in [3.63, 3.8) is 0 Å². The molecule has 3 aromatic rings. The molecule has 1 aromatic heterocycles. The number of hydrogen-bond donors (Lipinski definition) is 1. The van der Waals surface area contributed by atoms with Gasteiger partial charge in [-0.1, -0.05) is 36.4 Å². The molecule has 0 saturated carbocycles. The molecule has 19 heavy (non-hydrogen) atoms. The highest BCUT2D eigenvalue weighted by molar-refractivity contribution is 7.98. The molecule has 94 valence electrons. The normalized spacial score (nSPS) is 10.7. The van der Waals surface area contributed by atoms with E-state index >= 15 is 0 Å². The van der Waals surface area contributed by atoms with Crippen LogP contribution in [0.4, 0.5) is 5.69 Å². The van der Waals surface area contributed by atoms with E-state index in [1.807, 2.05) is 42.5 Å². The molecule has 0 unspecified atom stereocenters. The van der Waals surface area contributed by atoms with Crippen molar-refractivity contribution in [3.05, 3.63) is 66.4 Å². The molecule has 0 atom stereocenters. The van der Waals surface area contributed by atoms with Gasteiger partial charge in [0.1, 0.15) is 0 Å². The molecular weight excluding hydrogens is 252 g/mol. The number of aromatic nitrogens is 1. The van der Waals surface area contributed by atoms with Gasteiger partial charge in [0.2, 0.25) is 0 Å². The second kappa shape index (κ2) is 5.33. The number of anilines is 1. The van der Waals surface area contributed by atoms with Crippen molar-refractivity contribution in [1.29, 1.82) is 0 Å². The fourth-order valence-electron chi connectivity index (χ4n) is 1.95. The van der Waals surface area contributed by atoms with Gasteiger partial charge in [-0.3, -0.25) is 4.98 Å². The summed E-state index contributed by atoms with van der Waals surface area (Å²) in [6.07, 6.45) is 0. The number of nitrogens with two attached hydrogens (primary N) is 1. The van der Waals surface area contributed by atoms with E-state index in [-0.39, 0.29) is 0 Å². The third-order valence-electron chi connectivity index (χ3n) is 2.95. The van der Waals surface area contributed by atoms with Gasteiger partial charge >= 0.3 is 0 Å². The maximum absolute atomic E-state index is 5.93. The third kappa shape index (κ3) is 2.71. The van der Waals surface area contributed by atoms with Crippen molar-refractivity contribution in [3.8, 4) is 0 Å². The van der Waals surface area contributed by atoms with E-state index in [2.05, 4.69) is 23.2 Å². The van der Waals surface area contributed by atoms with E-state index in [1.165, 1.54) is 5.39 Å².